The van der Waals surface area contributed by atoms with E-state index in [1.807, 2.05) is 79.1 Å². The van der Waals surface area contributed by atoms with E-state index in [2.05, 4.69) is 194 Å². The largest absolute Gasteiger partial charge is 3.00 e. The van der Waals surface area contributed by atoms with Crippen LogP contribution in [0, 0.1) is 18.2 Å². The third kappa shape index (κ3) is 11.1. The Labute approximate surface area is 454 Å². The number of furan rings is 1. The Kier molecular flexibility index (Phi) is 15.5. The van der Waals surface area contributed by atoms with Crippen LogP contribution in [0.1, 0.15) is 72.9 Å². The molecule has 0 aliphatic heterocycles. The molecule has 0 aliphatic rings. The number of nitrogens with zero attached hydrogens (tertiary/aromatic N) is 4. The van der Waals surface area contributed by atoms with Crippen molar-refractivity contribution in [3.05, 3.63) is 264 Å². The number of imidazole rings is 1. The molecule has 5 nitrogen and oxygen atoms in total. The van der Waals surface area contributed by atoms with E-state index in [1.165, 1.54) is 50.2 Å². The minimum Gasteiger partial charge on any atom is -0.501 e. The van der Waals surface area contributed by atoms with Crippen molar-refractivity contribution in [3.63, 3.8) is 0 Å². The van der Waals surface area contributed by atoms with Gasteiger partial charge in [-0.2, -0.15) is 0 Å². The summed E-state index contributed by atoms with van der Waals surface area (Å²) in [5, 5.41) is 2.18. The molecular weight excluding hydrogens is 1090 g/mol. The molecule has 4 aromatic heterocycles. The molecule has 6 heteroatoms. The van der Waals surface area contributed by atoms with Crippen LogP contribution in [0.15, 0.2) is 217 Å². The summed E-state index contributed by atoms with van der Waals surface area (Å²) < 4.78 is 8.83. The molecule has 12 aromatic rings. The number of rotatable bonds is 13. The van der Waals surface area contributed by atoms with Crippen LogP contribution < -0.4 is 0 Å². The number of benzene rings is 8. The zero-order valence-corrected chi connectivity index (χ0v) is 45.1. The van der Waals surface area contributed by atoms with Gasteiger partial charge in [-0.25, -0.2) is 0 Å². The monoisotopic (exact) mass is 1150 g/mol. The van der Waals surface area contributed by atoms with Crippen molar-refractivity contribution in [1.29, 1.82) is 0 Å². The molecule has 0 N–H and O–H groups in total. The molecule has 0 spiro atoms. The fourth-order valence-electron chi connectivity index (χ4n) is 10.0. The number of pyridine rings is 2. The maximum atomic E-state index is 6.47. The fourth-order valence-corrected chi connectivity index (χ4v) is 10.0. The van der Waals surface area contributed by atoms with Crippen molar-refractivity contribution < 1.29 is 24.5 Å². The number of hydrogen-bond donors (Lipinski definition) is 0. The molecule has 0 saturated heterocycles. The van der Waals surface area contributed by atoms with Crippen molar-refractivity contribution in [2.45, 2.75) is 65.2 Å². The van der Waals surface area contributed by atoms with E-state index >= 15 is 0 Å². The Morgan fingerprint density at radius 1 is 0.493 bits per heavy atom. The predicted octanol–water partition coefficient (Wildman–Crippen LogP) is 17.3. The van der Waals surface area contributed by atoms with E-state index in [0.29, 0.717) is 11.8 Å². The molecule has 0 saturated carbocycles. The molecule has 0 radical (unpaired) electrons. The van der Waals surface area contributed by atoms with Crippen LogP contribution in [0.25, 0.3) is 83.7 Å². The van der Waals surface area contributed by atoms with Gasteiger partial charge in [0.15, 0.2) is 0 Å². The summed E-state index contributed by atoms with van der Waals surface area (Å²) in [6.07, 6.45) is 7.83. The molecular formula is C69H57IrN4O. The van der Waals surface area contributed by atoms with Gasteiger partial charge in [0.1, 0.15) is 5.58 Å². The van der Waals surface area contributed by atoms with Crippen molar-refractivity contribution in [2.75, 3.05) is 0 Å². The second-order valence-corrected chi connectivity index (χ2v) is 19.6. The van der Waals surface area contributed by atoms with Gasteiger partial charge in [-0.1, -0.05) is 148 Å². The van der Waals surface area contributed by atoms with Gasteiger partial charge in [0.2, 0.25) is 0 Å². The van der Waals surface area contributed by atoms with Gasteiger partial charge >= 0.3 is 20.1 Å². The van der Waals surface area contributed by atoms with Crippen LogP contribution in [-0.2, 0) is 45.8 Å². The van der Waals surface area contributed by atoms with Gasteiger partial charge in [0.25, 0.3) is 0 Å². The third-order valence-electron chi connectivity index (χ3n) is 13.9. The van der Waals surface area contributed by atoms with Crippen LogP contribution in [0.3, 0.4) is 0 Å². The summed E-state index contributed by atoms with van der Waals surface area (Å²) in [6, 6.07) is 79.7. The molecule has 8 aromatic carbocycles. The molecule has 12 rings (SSSR count). The number of fused-ring (bicyclic) bond motifs is 4. The Morgan fingerprint density at radius 3 is 1.88 bits per heavy atom. The molecule has 0 atom stereocenters. The molecule has 0 bridgehead atoms. The molecule has 0 unspecified atom stereocenters. The molecule has 0 fully saturated rings. The van der Waals surface area contributed by atoms with Gasteiger partial charge in [-0.05, 0) is 124 Å². The Hall–Kier alpha value is -8.02. The van der Waals surface area contributed by atoms with Gasteiger partial charge in [-0.3, -0.25) is 4.98 Å². The van der Waals surface area contributed by atoms with E-state index in [-0.39, 0.29) is 20.1 Å². The maximum absolute atomic E-state index is 6.47. The Morgan fingerprint density at radius 2 is 1.16 bits per heavy atom. The first-order valence-corrected chi connectivity index (χ1v) is 25.8. The van der Waals surface area contributed by atoms with Gasteiger partial charge in [-0.15, -0.1) is 89.5 Å². The summed E-state index contributed by atoms with van der Waals surface area (Å²) >= 11 is 0. The summed E-state index contributed by atoms with van der Waals surface area (Å²) in [7, 11) is 0. The summed E-state index contributed by atoms with van der Waals surface area (Å²) in [5.74, 6) is 1.45. The number of aromatic nitrogens is 4. The normalized spacial score (nSPS) is 11.3. The first-order chi connectivity index (χ1) is 36.3. The minimum atomic E-state index is 0. The number of hydrogen-bond acceptors (Lipinski definition) is 4. The van der Waals surface area contributed by atoms with Gasteiger partial charge in [0, 0.05) is 23.5 Å². The zero-order chi connectivity index (χ0) is 50.4. The average Bonchev–Trinajstić information content (AvgIpc) is 4.04. The van der Waals surface area contributed by atoms with Crippen LogP contribution >= 0.6 is 0 Å². The summed E-state index contributed by atoms with van der Waals surface area (Å²) in [6.45, 7) is 9.12. The first kappa shape index (κ1) is 50.5. The van der Waals surface area contributed by atoms with Crippen LogP contribution in [0.5, 0.6) is 0 Å². The van der Waals surface area contributed by atoms with E-state index in [1.54, 1.807) is 0 Å². The van der Waals surface area contributed by atoms with Crippen LogP contribution in [0.2, 0.25) is 0 Å². The van der Waals surface area contributed by atoms with E-state index < -0.39 is 0 Å². The van der Waals surface area contributed by atoms with Gasteiger partial charge in [0.05, 0.1) is 22.4 Å². The second-order valence-electron chi connectivity index (χ2n) is 19.6. The van der Waals surface area contributed by atoms with Gasteiger partial charge < -0.3 is 19.0 Å². The first-order valence-electron chi connectivity index (χ1n) is 25.8. The zero-order valence-electron chi connectivity index (χ0n) is 42.7. The number of para-hydroxylation sites is 3. The average molecular weight is 1150 g/mol. The van der Waals surface area contributed by atoms with E-state index in [0.717, 1.165) is 92.6 Å². The molecule has 0 aliphatic carbocycles. The van der Waals surface area contributed by atoms with Crippen molar-refractivity contribution in [1.82, 2.24) is 19.5 Å². The Bertz CT molecular complexity index is 3810. The SMILES string of the molecule is CC(C)c1cc(-c2ccccc2)cc(C(C)C)c1-n1c(-c2[c-]ccc3c2oc2ccccc23)nc2ccccc21.[Ir+3].[c-]1ccccc1-c1ccc(CCc2cccc(CCc3cc[c-]c(-c4ccccn4)c3)c2)cn1. The fraction of sp³-hybridized carbons (Fsp3) is 0.145. The predicted molar refractivity (Wildman–Crippen MR) is 305 cm³/mol. The van der Waals surface area contributed by atoms with Crippen LogP contribution in [0.4, 0.5) is 0 Å². The van der Waals surface area contributed by atoms with Crippen LogP contribution in [-0.4, -0.2) is 19.5 Å². The number of aryl methyl sites for hydroxylation is 4. The Balaban J connectivity index is 0.000000171. The molecule has 0 amide bonds. The molecule has 75 heavy (non-hydrogen) atoms. The van der Waals surface area contributed by atoms with Crippen molar-refractivity contribution in [3.8, 4) is 50.7 Å². The molecule has 4 heterocycles. The second kappa shape index (κ2) is 23.0. The minimum absolute atomic E-state index is 0. The van der Waals surface area contributed by atoms with E-state index in [9.17, 15) is 0 Å². The smallest absolute Gasteiger partial charge is 0.501 e. The quantitative estimate of drug-likeness (QED) is 0.108. The summed E-state index contributed by atoms with van der Waals surface area (Å²) in [5.41, 5.74) is 20.2. The summed E-state index contributed by atoms with van der Waals surface area (Å²) in [4.78, 5) is 14.3. The maximum Gasteiger partial charge on any atom is 3.00 e. The van der Waals surface area contributed by atoms with Crippen molar-refractivity contribution >= 4 is 33.0 Å². The standard InChI is InChI=1S/C37H31N2O.C32H26N2.Ir/c1-23(2)30-21-26(25-13-6-5-7-14-25)22-31(24(3)4)35(30)39-33-19-10-9-18-32(33)38-37(39)29-17-12-16-28-27-15-8-11-20-34(27)40-36(28)29;1-2-11-29(12-3-1)32-20-19-28(24-34-32)18-17-26-9-6-8-25(22-26)15-16-27-10-7-13-30(23-27)31-14-4-5-21-33-31;/h5-16,18-24H,1-4H3;1-11,14,19-24H,15-18H2;/q-1;-2;+3. The van der Waals surface area contributed by atoms with Crippen molar-refractivity contribution in [2.24, 2.45) is 0 Å². The topological polar surface area (TPSA) is 56.7 Å². The van der Waals surface area contributed by atoms with E-state index in [4.69, 9.17) is 9.40 Å². The molecule has 368 valence electrons. The third-order valence-corrected chi connectivity index (χ3v) is 13.9.